The Balaban J connectivity index is 2.16. The summed E-state index contributed by atoms with van der Waals surface area (Å²) in [5.74, 6) is 0. The maximum Gasteiger partial charge on any atom is 0.252 e. The van der Waals surface area contributed by atoms with E-state index < -0.39 is 10.0 Å². The van der Waals surface area contributed by atoms with E-state index in [0.29, 0.717) is 23.3 Å². The lowest BCUT2D eigenvalue weighted by Gasteiger charge is -2.24. The molecule has 0 radical (unpaired) electrons. The number of hydrogen-bond donors (Lipinski definition) is 1. The van der Waals surface area contributed by atoms with Gasteiger partial charge in [0, 0.05) is 24.0 Å². The summed E-state index contributed by atoms with van der Waals surface area (Å²) in [5, 5.41) is 3.37. The smallest absolute Gasteiger partial charge is 0.252 e. The van der Waals surface area contributed by atoms with Crippen molar-refractivity contribution in [2.45, 2.75) is 43.4 Å². The second-order valence-corrected chi connectivity index (χ2v) is 8.47. The van der Waals surface area contributed by atoms with Crippen LogP contribution < -0.4 is 5.32 Å². The molecule has 1 aromatic heterocycles. The number of thiophene rings is 1. The second kappa shape index (κ2) is 6.35. The van der Waals surface area contributed by atoms with E-state index >= 15 is 0 Å². The molecule has 1 fully saturated rings. The molecule has 1 N–H and O–H groups in total. The molecule has 1 aliphatic rings. The minimum absolute atomic E-state index is 0.308. The Kier molecular flexibility index (Phi) is 5.00. The largest absolute Gasteiger partial charge is 0.313 e. The van der Waals surface area contributed by atoms with Crippen molar-refractivity contribution in [3.05, 3.63) is 17.0 Å². The van der Waals surface area contributed by atoms with Gasteiger partial charge >= 0.3 is 0 Å². The Morgan fingerprint density at radius 2 is 2.26 bits per heavy atom. The summed E-state index contributed by atoms with van der Waals surface area (Å²) in [4.78, 5) is 1.04. The van der Waals surface area contributed by atoms with Crippen LogP contribution in [0.25, 0.3) is 0 Å². The van der Waals surface area contributed by atoms with Gasteiger partial charge < -0.3 is 5.32 Å². The van der Waals surface area contributed by atoms with E-state index in [0.717, 1.165) is 30.7 Å². The normalized spacial score (nSPS) is 20.3. The van der Waals surface area contributed by atoms with Crippen LogP contribution in [0.3, 0.4) is 0 Å². The topological polar surface area (TPSA) is 49.4 Å². The minimum atomic E-state index is -3.32. The third-order valence-corrected chi connectivity index (χ3v) is 6.70. The monoisotopic (exact) mass is 302 g/mol. The highest BCUT2D eigenvalue weighted by Crippen LogP contribution is 2.25. The lowest BCUT2D eigenvalue weighted by Crippen LogP contribution is -2.41. The number of rotatable bonds is 6. The molecular formula is C13H22N2O2S2. The first-order valence-electron chi connectivity index (χ1n) is 6.84. The van der Waals surface area contributed by atoms with Crippen LogP contribution in [0.5, 0.6) is 0 Å². The highest BCUT2D eigenvalue weighted by atomic mass is 32.2. The predicted molar refractivity (Wildman–Crippen MR) is 79.1 cm³/mol. The quantitative estimate of drug-likeness (QED) is 0.876. The predicted octanol–water partition coefficient (Wildman–Crippen LogP) is 2.21. The van der Waals surface area contributed by atoms with Crippen molar-refractivity contribution in [1.82, 2.24) is 9.62 Å². The van der Waals surface area contributed by atoms with Crippen molar-refractivity contribution in [3.8, 4) is 0 Å². The van der Waals surface area contributed by atoms with Gasteiger partial charge in [0.2, 0.25) is 0 Å². The van der Waals surface area contributed by atoms with Crippen molar-refractivity contribution in [2.24, 2.45) is 0 Å². The number of nitrogens with one attached hydrogen (secondary N) is 1. The molecule has 1 aromatic rings. The molecule has 0 bridgehead atoms. The molecular weight excluding hydrogens is 280 g/mol. The van der Waals surface area contributed by atoms with Gasteiger partial charge in [0.1, 0.15) is 4.21 Å². The molecule has 1 unspecified atom stereocenters. The summed E-state index contributed by atoms with van der Waals surface area (Å²) in [6, 6.07) is 3.90. The summed E-state index contributed by atoms with van der Waals surface area (Å²) in [6.07, 6.45) is 3.05. The summed E-state index contributed by atoms with van der Waals surface area (Å²) in [7, 11) is -3.32. The van der Waals surface area contributed by atoms with Gasteiger partial charge in [-0.1, -0.05) is 6.92 Å². The first-order chi connectivity index (χ1) is 9.04. The van der Waals surface area contributed by atoms with Crippen molar-refractivity contribution >= 4 is 21.4 Å². The van der Waals surface area contributed by atoms with Crippen LogP contribution in [-0.4, -0.2) is 38.4 Å². The molecule has 1 atom stereocenters. The second-order valence-electron chi connectivity index (χ2n) is 5.02. The molecule has 0 spiro atoms. The number of aryl methyl sites for hydroxylation is 1. The van der Waals surface area contributed by atoms with Gasteiger partial charge in [-0.05, 0) is 44.9 Å². The van der Waals surface area contributed by atoms with E-state index in [4.69, 9.17) is 0 Å². The Hall–Kier alpha value is -0.430. The molecule has 19 heavy (non-hydrogen) atoms. The van der Waals surface area contributed by atoms with Crippen LogP contribution in [0.2, 0.25) is 0 Å². The molecule has 0 aromatic carbocycles. The SMILES string of the molecule is CCCN(CC1CCCN1)S(=O)(=O)c1ccc(C)s1. The maximum absolute atomic E-state index is 12.6. The molecule has 108 valence electrons. The fraction of sp³-hybridized carbons (Fsp3) is 0.692. The van der Waals surface area contributed by atoms with Crippen LogP contribution in [-0.2, 0) is 10.0 Å². The maximum atomic E-state index is 12.6. The standard InChI is InChI=1S/C13H22N2O2S2/c1-3-9-15(10-12-5-4-8-14-12)19(16,17)13-7-6-11(2)18-13/h6-7,12,14H,3-5,8-10H2,1-2H3. The highest BCUT2D eigenvalue weighted by Gasteiger charge is 2.28. The zero-order valence-corrected chi connectivity index (χ0v) is 13.2. The van der Waals surface area contributed by atoms with Crippen LogP contribution in [0.15, 0.2) is 16.3 Å². The van der Waals surface area contributed by atoms with E-state index in [1.54, 1.807) is 10.4 Å². The third-order valence-electron chi connectivity index (χ3n) is 3.37. The van der Waals surface area contributed by atoms with Gasteiger partial charge in [-0.15, -0.1) is 11.3 Å². The molecule has 0 amide bonds. The lowest BCUT2D eigenvalue weighted by molar-refractivity contribution is 0.370. The van der Waals surface area contributed by atoms with E-state index in [1.165, 1.54) is 11.3 Å². The van der Waals surface area contributed by atoms with E-state index in [1.807, 2.05) is 19.9 Å². The number of sulfonamides is 1. The fourth-order valence-corrected chi connectivity index (χ4v) is 5.41. The van der Waals surface area contributed by atoms with Gasteiger partial charge in [0.15, 0.2) is 0 Å². The van der Waals surface area contributed by atoms with Crippen molar-refractivity contribution in [2.75, 3.05) is 19.6 Å². The molecule has 4 nitrogen and oxygen atoms in total. The minimum Gasteiger partial charge on any atom is -0.313 e. The van der Waals surface area contributed by atoms with Gasteiger partial charge in [0.25, 0.3) is 10.0 Å². The molecule has 6 heteroatoms. The van der Waals surface area contributed by atoms with Crippen molar-refractivity contribution < 1.29 is 8.42 Å². The van der Waals surface area contributed by atoms with Gasteiger partial charge in [-0.3, -0.25) is 0 Å². The first kappa shape index (κ1) is 15.0. The van der Waals surface area contributed by atoms with Crippen LogP contribution in [0.4, 0.5) is 0 Å². The summed E-state index contributed by atoms with van der Waals surface area (Å²) < 4.78 is 27.4. The van der Waals surface area contributed by atoms with Gasteiger partial charge in [-0.2, -0.15) is 4.31 Å². The van der Waals surface area contributed by atoms with Crippen LogP contribution in [0, 0.1) is 6.92 Å². The molecule has 2 heterocycles. The Morgan fingerprint density at radius 3 is 2.79 bits per heavy atom. The van der Waals surface area contributed by atoms with Crippen molar-refractivity contribution in [1.29, 1.82) is 0 Å². The van der Waals surface area contributed by atoms with Crippen LogP contribution in [0.1, 0.15) is 31.1 Å². The summed E-state index contributed by atoms with van der Waals surface area (Å²) in [5.41, 5.74) is 0. The zero-order valence-electron chi connectivity index (χ0n) is 11.6. The van der Waals surface area contributed by atoms with E-state index in [2.05, 4.69) is 5.32 Å². The lowest BCUT2D eigenvalue weighted by atomic mass is 10.2. The summed E-state index contributed by atoms with van der Waals surface area (Å²) >= 11 is 1.36. The summed E-state index contributed by atoms with van der Waals surface area (Å²) in [6.45, 7) is 6.14. The van der Waals surface area contributed by atoms with Crippen LogP contribution >= 0.6 is 11.3 Å². The third kappa shape index (κ3) is 3.56. The van der Waals surface area contributed by atoms with Gasteiger partial charge in [0.05, 0.1) is 0 Å². The molecule has 2 rings (SSSR count). The molecule has 1 aliphatic heterocycles. The molecule has 1 saturated heterocycles. The molecule has 0 saturated carbocycles. The average Bonchev–Trinajstić information content (AvgIpc) is 3.00. The van der Waals surface area contributed by atoms with E-state index in [-0.39, 0.29) is 0 Å². The molecule has 0 aliphatic carbocycles. The zero-order chi connectivity index (χ0) is 13.9. The average molecular weight is 302 g/mol. The number of hydrogen-bond acceptors (Lipinski definition) is 4. The number of nitrogens with zero attached hydrogens (tertiary/aromatic N) is 1. The Morgan fingerprint density at radius 1 is 1.47 bits per heavy atom. The first-order valence-corrected chi connectivity index (χ1v) is 9.09. The highest BCUT2D eigenvalue weighted by molar-refractivity contribution is 7.91. The Labute approximate surface area is 119 Å². The van der Waals surface area contributed by atoms with Crippen molar-refractivity contribution in [3.63, 3.8) is 0 Å². The van der Waals surface area contributed by atoms with E-state index in [9.17, 15) is 8.42 Å². The fourth-order valence-electron chi connectivity index (χ4n) is 2.40. The van der Waals surface area contributed by atoms with Gasteiger partial charge in [-0.25, -0.2) is 8.42 Å². The Bertz CT molecular complexity index is 504.